The number of hydrogen-bond donors (Lipinski definition) is 1. The molecule has 4 nitrogen and oxygen atoms in total. The Hall–Kier alpha value is -1.23. The van der Waals surface area contributed by atoms with E-state index in [0.717, 1.165) is 5.56 Å². The molecule has 0 aliphatic carbocycles. The molecule has 1 aromatic carbocycles. The number of aldehydes is 1. The average molecular weight is 208 g/mol. The second kappa shape index (κ2) is 4.53. The number of benzene rings is 1. The van der Waals surface area contributed by atoms with E-state index in [-0.39, 0.29) is 6.61 Å². The number of ether oxygens (including phenoxy) is 2. The van der Waals surface area contributed by atoms with Crippen LogP contribution in [0.2, 0.25) is 0 Å². The highest BCUT2D eigenvalue weighted by molar-refractivity contribution is 5.57. The molecule has 1 aliphatic heterocycles. The molecule has 0 bridgehead atoms. The molecule has 1 saturated heterocycles. The minimum atomic E-state index is -0.873. The van der Waals surface area contributed by atoms with E-state index in [2.05, 4.69) is 0 Å². The maximum absolute atomic E-state index is 10.6. The highest BCUT2D eigenvalue weighted by Gasteiger charge is 2.30. The molecule has 15 heavy (non-hydrogen) atoms. The first-order valence-corrected chi connectivity index (χ1v) is 4.76. The van der Waals surface area contributed by atoms with Crippen LogP contribution in [-0.4, -0.2) is 30.2 Å². The summed E-state index contributed by atoms with van der Waals surface area (Å²) in [4.78, 5) is 10.6. The second-order valence-electron chi connectivity index (χ2n) is 3.38. The maximum atomic E-state index is 10.6. The van der Waals surface area contributed by atoms with Gasteiger partial charge in [0.15, 0.2) is 12.6 Å². The van der Waals surface area contributed by atoms with E-state index in [4.69, 9.17) is 9.47 Å². The molecule has 1 heterocycles. The van der Waals surface area contributed by atoms with Gasteiger partial charge in [-0.15, -0.1) is 0 Å². The third kappa shape index (κ3) is 2.23. The van der Waals surface area contributed by atoms with Crippen molar-refractivity contribution in [1.82, 2.24) is 0 Å². The maximum Gasteiger partial charge on any atom is 0.184 e. The number of aliphatic hydroxyl groups excluding tert-OH is 1. The monoisotopic (exact) mass is 208 g/mol. The zero-order valence-corrected chi connectivity index (χ0v) is 8.08. The summed E-state index contributed by atoms with van der Waals surface area (Å²) in [5.41, 5.74) is 0.844. The number of carbonyl (C=O) groups excluding carboxylic acids is 1. The number of rotatable bonds is 2. The topological polar surface area (TPSA) is 55.8 Å². The Morgan fingerprint density at radius 1 is 1.33 bits per heavy atom. The van der Waals surface area contributed by atoms with Crippen LogP contribution in [0.15, 0.2) is 30.3 Å². The van der Waals surface area contributed by atoms with Crippen molar-refractivity contribution >= 4 is 6.29 Å². The van der Waals surface area contributed by atoms with Gasteiger partial charge >= 0.3 is 0 Å². The first kappa shape index (κ1) is 10.3. The van der Waals surface area contributed by atoms with Crippen LogP contribution in [-0.2, 0) is 14.3 Å². The summed E-state index contributed by atoms with van der Waals surface area (Å²) >= 11 is 0. The Kier molecular flexibility index (Phi) is 3.11. The summed E-state index contributed by atoms with van der Waals surface area (Å²) in [5.74, 6) is 0. The fraction of sp³-hybridized carbons (Fsp3) is 0.364. The Bertz CT molecular complexity index is 325. The van der Waals surface area contributed by atoms with E-state index in [9.17, 15) is 9.90 Å². The molecule has 3 atom stereocenters. The normalized spacial score (nSPS) is 31.1. The molecule has 0 unspecified atom stereocenters. The average Bonchev–Trinajstić information content (AvgIpc) is 2.31. The van der Waals surface area contributed by atoms with Gasteiger partial charge in [-0.3, -0.25) is 0 Å². The van der Waals surface area contributed by atoms with Gasteiger partial charge in [0.1, 0.15) is 12.2 Å². The van der Waals surface area contributed by atoms with Crippen LogP contribution in [0.1, 0.15) is 11.9 Å². The Labute approximate surface area is 87.4 Å². The summed E-state index contributed by atoms with van der Waals surface area (Å²) in [6, 6.07) is 9.32. The molecule has 4 heteroatoms. The van der Waals surface area contributed by atoms with Crippen molar-refractivity contribution in [3.63, 3.8) is 0 Å². The van der Waals surface area contributed by atoms with Crippen LogP contribution in [0, 0.1) is 0 Å². The minimum absolute atomic E-state index is 0.114. The van der Waals surface area contributed by atoms with Crippen LogP contribution >= 0.6 is 0 Å². The van der Waals surface area contributed by atoms with Crippen LogP contribution in [0.4, 0.5) is 0 Å². The third-order valence-corrected chi connectivity index (χ3v) is 2.28. The van der Waals surface area contributed by atoms with Gasteiger partial charge in [0.05, 0.1) is 6.61 Å². The summed E-state index contributed by atoms with van der Waals surface area (Å²) in [6.07, 6.45) is -1.64. The summed E-state index contributed by atoms with van der Waals surface area (Å²) in [6.45, 7) is 0.114. The fourth-order valence-corrected chi connectivity index (χ4v) is 1.46. The molecule has 0 radical (unpaired) electrons. The van der Waals surface area contributed by atoms with Gasteiger partial charge < -0.3 is 19.4 Å². The lowest BCUT2D eigenvalue weighted by Crippen LogP contribution is -2.41. The van der Waals surface area contributed by atoms with Crippen LogP contribution in [0.3, 0.4) is 0 Å². The molecule has 0 amide bonds. The molecule has 0 aromatic heterocycles. The molecular weight excluding hydrogens is 196 g/mol. The molecule has 80 valence electrons. The zero-order chi connectivity index (χ0) is 10.7. The minimum Gasteiger partial charge on any atom is -0.388 e. The van der Waals surface area contributed by atoms with Crippen molar-refractivity contribution in [3.8, 4) is 0 Å². The molecule has 0 saturated carbocycles. The summed E-state index contributed by atoms with van der Waals surface area (Å²) < 4.78 is 10.6. The van der Waals surface area contributed by atoms with Crippen LogP contribution in [0.5, 0.6) is 0 Å². The van der Waals surface area contributed by atoms with Gasteiger partial charge in [-0.05, 0) is 0 Å². The van der Waals surface area contributed by atoms with E-state index < -0.39 is 18.5 Å². The van der Waals surface area contributed by atoms with E-state index in [1.165, 1.54) is 0 Å². The lowest BCUT2D eigenvalue weighted by Gasteiger charge is -2.31. The van der Waals surface area contributed by atoms with Crippen molar-refractivity contribution in [2.24, 2.45) is 0 Å². The molecule has 0 spiro atoms. The zero-order valence-electron chi connectivity index (χ0n) is 8.08. The van der Waals surface area contributed by atoms with Crippen molar-refractivity contribution in [2.75, 3.05) is 6.61 Å². The van der Waals surface area contributed by atoms with Crippen LogP contribution < -0.4 is 0 Å². The quantitative estimate of drug-likeness (QED) is 0.725. The molecular formula is C11H12O4. The first-order chi connectivity index (χ1) is 7.31. The smallest absolute Gasteiger partial charge is 0.184 e. The molecule has 2 rings (SSSR count). The van der Waals surface area contributed by atoms with E-state index >= 15 is 0 Å². The standard InChI is InChI=1S/C11H12O4/c12-6-10-9(13)7-14-11(15-10)8-4-2-1-3-5-8/h1-6,9-11,13H,7H2/t9-,10+,11-/m1/s1. The molecule has 1 N–H and O–H groups in total. The van der Waals surface area contributed by atoms with Crippen molar-refractivity contribution in [1.29, 1.82) is 0 Å². The number of carbonyl (C=O) groups is 1. The third-order valence-electron chi connectivity index (χ3n) is 2.28. The van der Waals surface area contributed by atoms with E-state index in [0.29, 0.717) is 6.29 Å². The van der Waals surface area contributed by atoms with Gasteiger partial charge in [0.25, 0.3) is 0 Å². The van der Waals surface area contributed by atoms with Crippen LogP contribution in [0.25, 0.3) is 0 Å². The van der Waals surface area contributed by atoms with E-state index in [1.807, 2.05) is 30.3 Å². The Morgan fingerprint density at radius 2 is 2.07 bits per heavy atom. The van der Waals surface area contributed by atoms with Gasteiger partial charge in [-0.25, -0.2) is 0 Å². The number of hydrogen-bond acceptors (Lipinski definition) is 4. The first-order valence-electron chi connectivity index (χ1n) is 4.76. The van der Waals surface area contributed by atoms with Gasteiger partial charge in [0.2, 0.25) is 0 Å². The predicted octanol–water partition coefficient (Wildman–Crippen LogP) is 0.660. The Balaban J connectivity index is 2.09. The summed E-state index contributed by atoms with van der Waals surface area (Å²) in [7, 11) is 0. The van der Waals surface area contributed by atoms with Gasteiger partial charge in [0, 0.05) is 5.56 Å². The van der Waals surface area contributed by atoms with Crippen molar-refractivity contribution < 1.29 is 19.4 Å². The highest BCUT2D eigenvalue weighted by Crippen LogP contribution is 2.25. The van der Waals surface area contributed by atoms with Crippen molar-refractivity contribution in [2.45, 2.75) is 18.5 Å². The largest absolute Gasteiger partial charge is 0.388 e. The van der Waals surface area contributed by atoms with Crippen molar-refractivity contribution in [3.05, 3.63) is 35.9 Å². The van der Waals surface area contributed by atoms with Gasteiger partial charge in [-0.2, -0.15) is 0 Å². The molecule has 1 fully saturated rings. The lowest BCUT2D eigenvalue weighted by molar-refractivity contribution is -0.246. The highest BCUT2D eigenvalue weighted by atomic mass is 16.7. The lowest BCUT2D eigenvalue weighted by atomic mass is 10.1. The van der Waals surface area contributed by atoms with Gasteiger partial charge in [-0.1, -0.05) is 30.3 Å². The number of aliphatic hydroxyl groups is 1. The summed E-state index contributed by atoms with van der Waals surface area (Å²) in [5, 5.41) is 9.35. The Morgan fingerprint density at radius 3 is 2.73 bits per heavy atom. The predicted molar refractivity (Wildman–Crippen MR) is 52.1 cm³/mol. The van der Waals surface area contributed by atoms with E-state index in [1.54, 1.807) is 0 Å². The SMILES string of the molecule is O=C[C@@H]1O[C@H](c2ccccc2)OC[C@H]1O. The second-order valence-corrected chi connectivity index (χ2v) is 3.38. The molecule has 1 aromatic rings. The molecule has 1 aliphatic rings. The fourth-order valence-electron chi connectivity index (χ4n) is 1.46.